The summed E-state index contributed by atoms with van der Waals surface area (Å²) >= 11 is 0. The van der Waals surface area contributed by atoms with Crippen LogP contribution < -0.4 is 9.64 Å². The third-order valence-electron chi connectivity index (χ3n) is 4.50. The molecule has 0 atom stereocenters. The zero-order chi connectivity index (χ0) is 17.7. The van der Waals surface area contributed by atoms with Gasteiger partial charge in [-0.25, -0.2) is 8.42 Å². The summed E-state index contributed by atoms with van der Waals surface area (Å²) < 4.78 is 32.4. The lowest BCUT2D eigenvalue weighted by Crippen LogP contribution is -3.13. The average Bonchev–Trinajstić information content (AvgIpc) is 2.65. The Morgan fingerprint density at radius 1 is 1.00 bits per heavy atom. The van der Waals surface area contributed by atoms with E-state index in [0.717, 1.165) is 25.4 Å². The fraction of sp³-hybridized carbons (Fsp3) is 0.368. The molecule has 1 heterocycles. The second kappa shape index (κ2) is 7.99. The van der Waals surface area contributed by atoms with E-state index < -0.39 is 10.0 Å². The van der Waals surface area contributed by atoms with Gasteiger partial charge in [0.15, 0.2) is 0 Å². The Balaban J connectivity index is 1.57. The molecule has 0 aliphatic carbocycles. The number of nitrogens with one attached hydrogen (secondary N) is 1. The maximum atomic E-state index is 12.7. The summed E-state index contributed by atoms with van der Waals surface area (Å²) in [7, 11) is -3.37. The lowest BCUT2D eigenvalue weighted by molar-refractivity contribution is -0.917. The first-order valence-electron chi connectivity index (χ1n) is 8.70. The van der Waals surface area contributed by atoms with E-state index in [2.05, 4.69) is 12.1 Å². The molecule has 0 spiro atoms. The number of hydrogen-bond acceptors (Lipinski definition) is 3. The monoisotopic (exact) mass is 361 g/mol. The lowest BCUT2D eigenvalue weighted by atomic mass is 10.2. The van der Waals surface area contributed by atoms with Crippen molar-refractivity contribution in [2.75, 3.05) is 32.8 Å². The summed E-state index contributed by atoms with van der Waals surface area (Å²) in [5, 5.41) is 0. The molecule has 0 aromatic heterocycles. The van der Waals surface area contributed by atoms with Gasteiger partial charge in [-0.2, -0.15) is 4.31 Å². The summed E-state index contributed by atoms with van der Waals surface area (Å²) in [6, 6.07) is 16.8. The van der Waals surface area contributed by atoms with E-state index in [1.165, 1.54) is 10.5 Å². The molecule has 6 heteroatoms. The highest BCUT2D eigenvalue weighted by molar-refractivity contribution is 7.89. The van der Waals surface area contributed by atoms with Crippen molar-refractivity contribution in [2.45, 2.75) is 18.4 Å². The Bertz CT molecular complexity index is 768. The number of rotatable bonds is 6. The van der Waals surface area contributed by atoms with Gasteiger partial charge in [-0.1, -0.05) is 18.2 Å². The molecule has 2 aromatic carbocycles. The highest BCUT2D eigenvalue weighted by Crippen LogP contribution is 2.15. The van der Waals surface area contributed by atoms with E-state index in [1.54, 1.807) is 28.6 Å². The van der Waals surface area contributed by atoms with Crippen molar-refractivity contribution in [3.8, 4) is 5.75 Å². The van der Waals surface area contributed by atoms with Crippen LogP contribution in [0.2, 0.25) is 0 Å². The van der Waals surface area contributed by atoms with Crippen LogP contribution in [0.25, 0.3) is 0 Å². The van der Waals surface area contributed by atoms with Crippen LogP contribution >= 0.6 is 0 Å². The minimum atomic E-state index is -3.37. The number of quaternary nitrogens is 1. The van der Waals surface area contributed by atoms with Crippen LogP contribution in [0.4, 0.5) is 0 Å². The molecule has 1 aliphatic heterocycles. The molecular formula is C19H25N2O3S+. The number of hydrogen-bond donors (Lipinski definition) is 1. The topological polar surface area (TPSA) is 51.1 Å². The molecule has 0 amide bonds. The van der Waals surface area contributed by atoms with Crippen molar-refractivity contribution in [1.82, 2.24) is 4.31 Å². The summed E-state index contributed by atoms with van der Waals surface area (Å²) in [6.07, 6.45) is 0. The van der Waals surface area contributed by atoms with Gasteiger partial charge in [0.25, 0.3) is 0 Å². The van der Waals surface area contributed by atoms with E-state index in [4.69, 9.17) is 4.74 Å². The van der Waals surface area contributed by atoms with Crippen molar-refractivity contribution < 1.29 is 18.1 Å². The van der Waals surface area contributed by atoms with Crippen LogP contribution in [0, 0.1) is 0 Å². The largest absolute Gasteiger partial charge is 0.494 e. The lowest BCUT2D eigenvalue weighted by Gasteiger charge is -2.31. The molecule has 3 rings (SSSR count). The van der Waals surface area contributed by atoms with Crippen LogP contribution in [-0.2, 0) is 16.6 Å². The molecule has 0 radical (unpaired) electrons. The molecule has 1 saturated heterocycles. The fourth-order valence-corrected chi connectivity index (χ4v) is 4.58. The average molecular weight is 361 g/mol. The zero-order valence-corrected chi connectivity index (χ0v) is 15.3. The quantitative estimate of drug-likeness (QED) is 0.841. The Hall–Kier alpha value is -1.89. The third kappa shape index (κ3) is 4.39. The summed E-state index contributed by atoms with van der Waals surface area (Å²) in [5.41, 5.74) is 1.25. The molecule has 1 aliphatic rings. The molecule has 0 saturated carbocycles. The molecule has 0 bridgehead atoms. The smallest absolute Gasteiger partial charge is 0.243 e. The van der Waals surface area contributed by atoms with Gasteiger partial charge in [-0.05, 0) is 43.3 Å². The standard InChI is InChI=1S/C19H24N2O3S/c1-2-24-18-10-8-17(9-11-18)16-20-12-14-21(15-13-20)25(22,23)19-6-4-3-5-7-19/h3-11H,2,12-16H2,1H3/p+1. The highest BCUT2D eigenvalue weighted by atomic mass is 32.2. The Kier molecular flexibility index (Phi) is 5.73. The molecule has 1 N–H and O–H groups in total. The Labute approximate surface area is 149 Å². The van der Waals surface area contributed by atoms with E-state index >= 15 is 0 Å². The molecular weight excluding hydrogens is 336 g/mol. The Morgan fingerprint density at radius 3 is 2.24 bits per heavy atom. The first-order valence-corrected chi connectivity index (χ1v) is 10.1. The van der Waals surface area contributed by atoms with Crippen molar-refractivity contribution >= 4 is 10.0 Å². The third-order valence-corrected chi connectivity index (χ3v) is 6.41. The SMILES string of the molecule is CCOc1ccc(C[NH+]2CCN(S(=O)(=O)c3ccccc3)CC2)cc1. The van der Waals surface area contributed by atoms with Gasteiger partial charge >= 0.3 is 0 Å². The first kappa shape index (κ1) is 17.9. The number of sulfonamides is 1. The van der Waals surface area contributed by atoms with Crippen LogP contribution in [-0.4, -0.2) is 45.5 Å². The van der Waals surface area contributed by atoms with Crippen LogP contribution in [0.3, 0.4) is 0 Å². The number of benzene rings is 2. The minimum absolute atomic E-state index is 0.380. The predicted octanol–water partition coefficient (Wildman–Crippen LogP) is 1.17. The van der Waals surface area contributed by atoms with E-state index in [9.17, 15) is 8.42 Å². The highest BCUT2D eigenvalue weighted by Gasteiger charge is 2.30. The second-order valence-electron chi connectivity index (χ2n) is 6.22. The number of ether oxygens (including phenoxy) is 1. The molecule has 134 valence electrons. The van der Waals surface area contributed by atoms with Crippen molar-refractivity contribution in [1.29, 1.82) is 0 Å². The van der Waals surface area contributed by atoms with Crippen molar-refractivity contribution in [3.63, 3.8) is 0 Å². The maximum Gasteiger partial charge on any atom is 0.243 e. The van der Waals surface area contributed by atoms with Gasteiger partial charge in [0, 0.05) is 5.56 Å². The molecule has 0 unspecified atom stereocenters. The van der Waals surface area contributed by atoms with Gasteiger partial charge in [-0.3, -0.25) is 0 Å². The van der Waals surface area contributed by atoms with Gasteiger partial charge in [0.1, 0.15) is 12.3 Å². The molecule has 1 fully saturated rings. The predicted molar refractivity (Wildman–Crippen MR) is 97.2 cm³/mol. The first-order chi connectivity index (χ1) is 12.1. The van der Waals surface area contributed by atoms with Gasteiger partial charge in [-0.15, -0.1) is 0 Å². The summed E-state index contributed by atoms with van der Waals surface area (Å²) in [6.45, 7) is 6.31. The zero-order valence-electron chi connectivity index (χ0n) is 14.5. The van der Waals surface area contributed by atoms with Crippen LogP contribution in [0.5, 0.6) is 5.75 Å². The normalized spacial score (nSPS) is 16.7. The second-order valence-corrected chi connectivity index (χ2v) is 8.16. The van der Waals surface area contributed by atoms with Gasteiger partial charge in [0.2, 0.25) is 10.0 Å². The van der Waals surface area contributed by atoms with Gasteiger partial charge < -0.3 is 9.64 Å². The Morgan fingerprint density at radius 2 is 1.64 bits per heavy atom. The van der Waals surface area contributed by atoms with E-state index in [-0.39, 0.29) is 0 Å². The van der Waals surface area contributed by atoms with E-state index in [0.29, 0.717) is 24.6 Å². The van der Waals surface area contributed by atoms with Crippen molar-refractivity contribution in [2.24, 2.45) is 0 Å². The fourth-order valence-electron chi connectivity index (χ4n) is 3.12. The number of nitrogens with zero attached hydrogens (tertiary/aromatic N) is 1. The van der Waals surface area contributed by atoms with Crippen molar-refractivity contribution in [3.05, 3.63) is 60.2 Å². The van der Waals surface area contributed by atoms with Crippen LogP contribution in [0.15, 0.2) is 59.5 Å². The van der Waals surface area contributed by atoms with Gasteiger partial charge in [0.05, 0.1) is 37.7 Å². The van der Waals surface area contributed by atoms with Crippen LogP contribution in [0.1, 0.15) is 12.5 Å². The minimum Gasteiger partial charge on any atom is -0.494 e. The number of piperazine rings is 1. The molecule has 2 aromatic rings. The molecule has 5 nitrogen and oxygen atoms in total. The van der Waals surface area contributed by atoms with E-state index in [1.807, 2.05) is 25.1 Å². The maximum absolute atomic E-state index is 12.7. The summed E-state index contributed by atoms with van der Waals surface area (Å²) in [4.78, 5) is 1.79. The molecule has 25 heavy (non-hydrogen) atoms. The summed E-state index contributed by atoms with van der Waals surface area (Å²) in [5.74, 6) is 0.889.